The van der Waals surface area contributed by atoms with E-state index >= 15 is 0 Å². The van der Waals surface area contributed by atoms with Gasteiger partial charge in [0.2, 0.25) is 0 Å². The van der Waals surface area contributed by atoms with E-state index in [4.69, 9.17) is 0 Å². The monoisotopic (exact) mass is 273 g/mol. The van der Waals surface area contributed by atoms with Gasteiger partial charge in [-0.2, -0.15) is 12.8 Å². The molecule has 0 aromatic heterocycles. The molecule has 74 valence electrons. The largest absolute Gasteiger partial charge is 0.283 e. The van der Waals surface area contributed by atoms with E-state index < -0.39 is 10.0 Å². The maximum absolute atomic E-state index is 11.6. The van der Waals surface area contributed by atoms with Gasteiger partial charge in [0.15, 0.2) is 0 Å². The van der Waals surface area contributed by atoms with Gasteiger partial charge in [-0.3, -0.25) is 0 Å². The molecule has 0 amide bonds. The van der Waals surface area contributed by atoms with Crippen LogP contribution in [0, 0.1) is 0 Å². The smallest absolute Gasteiger partial charge is 0.199 e. The van der Waals surface area contributed by atoms with Crippen LogP contribution in [0.25, 0.3) is 0 Å². The van der Waals surface area contributed by atoms with Crippen molar-refractivity contribution in [1.82, 2.24) is 0 Å². The zero-order valence-corrected chi connectivity index (χ0v) is 9.84. The molecule has 1 unspecified atom stereocenters. The van der Waals surface area contributed by atoms with Crippen molar-refractivity contribution in [2.24, 2.45) is 4.40 Å². The van der Waals surface area contributed by atoms with Crippen molar-refractivity contribution in [3.8, 4) is 0 Å². The van der Waals surface area contributed by atoms with E-state index in [1.54, 1.807) is 18.2 Å². The Morgan fingerprint density at radius 3 is 2.64 bits per heavy atom. The molecule has 14 heavy (non-hydrogen) atoms. The van der Waals surface area contributed by atoms with E-state index in [-0.39, 0.29) is 4.83 Å². The van der Waals surface area contributed by atoms with Gasteiger partial charge in [-0.15, -0.1) is 0 Å². The van der Waals surface area contributed by atoms with Gasteiger partial charge in [0.25, 0.3) is 10.0 Å². The molecule has 1 aromatic rings. The minimum absolute atomic E-state index is 0.0547. The maximum atomic E-state index is 11.6. The lowest BCUT2D eigenvalue weighted by atomic mass is 10.1. The van der Waals surface area contributed by atoms with Gasteiger partial charge in [-0.05, 0) is 13.0 Å². The lowest BCUT2D eigenvalue weighted by Crippen LogP contribution is -2.08. The number of benzene rings is 1. The highest BCUT2D eigenvalue weighted by atomic mass is 79.9. The summed E-state index contributed by atoms with van der Waals surface area (Å²) in [7, 11) is -3.44. The predicted molar refractivity (Wildman–Crippen MR) is 58.6 cm³/mol. The molecular weight excluding hydrogens is 266 g/mol. The van der Waals surface area contributed by atoms with Crippen LogP contribution in [0.15, 0.2) is 33.6 Å². The summed E-state index contributed by atoms with van der Waals surface area (Å²) in [5, 5.41) is 0. The highest BCUT2D eigenvalue weighted by Crippen LogP contribution is 2.28. The quantitative estimate of drug-likeness (QED) is 0.735. The van der Waals surface area contributed by atoms with E-state index in [2.05, 4.69) is 20.3 Å². The Labute approximate surface area is 91.0 Å². The molecule has 0 saturated carbocycles. The second-order valence-electron chi connectivity index (χ2n) is 3.06. The van der Waals surface area contributed by atoms with Crippen LogP contribution in [0.1, 0.15) is 12.5 Å². The van der Waals surface area contributed by atoms with Crippen LogP contribution in [-0.4, -0.2) is 19.0 Å². The van der Waals surface area contributed by atoms with Gasteiger partial charge in [0.1, 0.15) is 0 Å². The Morgan fingerprint density at radius 1 is 1.36 bits per heavy atom. The number of hydrogen-bond donors (Lipinski definition) is 0. The summed E-state index contributed by atoms with van der Waals surface area (Å²) in [6, 6.07) is 6.87. The zero-order valence-electron chi connectivity index (χ0n) is 7.44. The van der Waals surface area contributed by atoms with Crippen LogP contribution in [-0.2, 0) is 10.0 Å². The molecule has 0 aliphatic carbocycles. The van der Waals surface area contributed by atoms with Gasteiger partial charge < -0.3 is 0 Å². The first-order valence-corrected chi connectivity index (χ1v) is 6.46. The molecule has 0 fully saturated rings. The van der Waals surface area contributed by atoms with E-state index in [1.165, 1.54) is 0 Å². The van der Waals surface area contributed by atoms with E-state index in [0.29, 0.717) is 16.2 Å². The minimum Gasteiger partial charge on any atom is -0.199 e. The molecule has 0 N–H and O–H groups in total. The summed E-state index contributed by atoms with van der Waals surface area (Å²) in [5.41, 5.74) is 1.29. The standard InChI is InChI=1S/C9H8BrNO2S/c1-6(10)9-7-4-2-3-5-8(7)14(12,13)11-9/h2-6H,1H3. The van der Waals surface area contributed by atoms with Crippen molar-refractivity contribution in [1.29, 1.82) is 0 Å². The van der Waals surface area contributed by atoms with Crippen LogP contribution in [0.5, 0.6) is 0 Å². The Hall–Kier alpha value is -0.680. The molecule has 3 nitrogen and oxygen atoms in total. The molecule has 0 radical (unpaired) electrons. The first-order chi connectivity index (χ1) is 6.52. The topological polar surface area (TPSA) is 46.5 Å². The van der Waals surface area contributed by atoms with Crippen molar-refractivity contribution in [3.05, 3.63) is 29.8 Å². The fourth-order valence-electron chi connectivity index (χ4n) is 1.42. The summed E-state index contributed by atoms with van der Waals surface area (Å²) in [4.78, 5) is 0.252. The summed E-state index contributed by atoms with van der Waals surface area (Å²) in [6.45, 7) is 1.86. The van der Waals surface area contributed by atoms with Gasteiger partial charge in [-0.1, -0.05) is 34.1 Å². The van der Waals surface area contributed by atoms with Crippen molar-refractivity contribution >= 4 is 31.7 Å². The molecule has 2 rings (SSSR count). The Morgan fingerprint density at radius 2 is 2.00 bits per heavy atom. The third-order valence-electron chi connectivity index (χ3n) is 2.04. The van der Waals surface area contributed by atoms with Gasteiger partial charge in [-0.25, -0.2) is 0 Å². The number of hydrogen-bond acceptors (Lipinski definition) is 2. The van der Waals surface area contributed by atoms with Crippen molar-refractivity contribution in [2.45, 2.75) is 16.6 Å². The Kier molecular flexibility index (Phi) is 2.23. The number of alkyl halides is 1. The molecule has 0 spiro atoms. The van der Waals surface area contributed by atoms with Gasteiger partial charge in [0, 0.05) is 5.56 Å². The molecule has 1 atom stereocenters. The lowest BCUT2D eigenvalue weighted by Gasteiger charge is -2.02. The first kappa shape index (κ1) is 9.86. The van der Waals surface area contributed by atoms with Gasteiger partial charge >= 0.3 is 0 Å². The third kappa shape index (κ3) is 1.40. The van der Waals surface area contributed by atoms with Crippen molar-refractivity contribution in [2.75, 3.05) is 0 Å². The van der Waals surface area contributed by atoms with Crippen molar-refractivity contribution < 1.29 is 8.42 Å². The number of rotatable bonds is 1. The predicted octanol–water partition coefficient (Wildman–Crippen LogP) is 1.96. The van der Waals surface area contributed by atoms with Crippen LogP contribution >= 0.6 is 15.9 Å². The molecule has 1 aliphatic heterocycles. The van der Waals surface area contributed by atoms with E-state index in [9.17, 15) is 8.42 Å². The fourth-order valence-corrected chi connectivity index (χ4v) is 3.22. The minimum atomic E-state index is -3.44. The SMILES string of the molecule is CC(Br)C1=NS(=O)(=O)c2ccccc21. The fraction of sp³-hybridized carbons (Fsp3) is 0.222. The maximum Gasteiger partial charge on any atom is 0.283 e. The lowest BCUT2D eigenvalue weighted by molar-refractivity contribution is 0.599. The molecule has 0 bridgehead atoms. The number of sulfonamides is 1. The average molecular weight is 274 g/mol. The normalized spacial score (nSPS) is 20.0. The molecule has 0 saturated heterocycles. The van der Waals surface area contributed by atoms with Gasteiger partial charge in [0.05, 0.1) is 15.4 Å². The summed E-state index contributed by atoms with van der Waals surface area (Å²) >= 11 is 3.33. The summed E-state index contributed by atoms with van der Waals surface area (Å²) in [6.07, 6.45) is 0. The second-order valence-corrected chi connectivity index (χ2v) is 6.01. The van der Waals surface area contributed by atoms with E-state index in [1.807, 2.05) is 13.0 Å². The van der Waals surface area contributed by atoms with E-state index in [0.717, 1.165) is 0 Å². The number of fused-ring (bicyclic) bond motifs is 1. The zero-order chi connectivity index (χ0) is 10.3. The van der Waals surface area contributed by atoms with Crippen LogP contribution < -0.4 is 0 Å². The highest BCUT2D eigenvalue weighted by Gasteiger charge is 2.29. The van der Waals surface area contributed by atoms with Crippen LogP contribution in [0.3, 0.4) is 0 Å². The molecule has 1 aromatic carbocycles. The van der Waals surface area contributed by atoms with Crippen molar-refractivity contribution in [3.63, 3.8) is 0 Å². The molecule has 5 heteroatoms. The number of halogens is 1. The first-order valence-electron chi connectivity index (χ1n) is 4.11. The highest BCUT2D eigenvalue weighted by molar-refractivity contribution is 9.10. The van der Waals surface area contributed by atoms with Crippen LogP contribution in [0.4, 0.5) is 0 Å². The molecular formula is C9H8BrNO2S. The molecule has 1 aliphatic rings. The Bertz CT molecular complexity index is 505. The molecule has 1 heterocycles. The average Bonchev–Trinajstić information content (AvgIpc) is 2.40. The number of nitrogens with zero attached hydrogens (tertiary/aromatic N) is 1. The summed E-state index contributed by atoms with van der Waals surface area (Å²) < 4.78 is 26.8. The van der Waals surface area contributed by atoms with Crippen LogP contribution in [0.2, 0.25) is 0 Å². The second kappa shape index (κ2) is 3.17. The summed E-state index contributed by atoms with van der Waals surface area (Å²) in [5.74, 6) is 0. The Balaban J connectivity index is 2.73. The third-order valence-corrected chi connectivity index (χ3v) is 3.82.